The lowest BCUT2D eigenvalue weighted by molar-refractivity contribution is -0.137. The quantitative estimate of drug-likeness (QED) is 0.470. The van der Waals surface area contributed by atoms with Crippen LogP contribution in [0.2, 0.25) is 0 Å². The van der Waals surface area contributed by atoms with Gasteiger partial charge in [-0.2, -0.15) is 5.10 Å². The summed E-state index contributed by atoms with van der Waals surface area (Å²) in [5, 5.41) is 3.78. The van der Waals surface area contributed by atoms with E-state index in [1.807, 2.05) is 0 Å². The third-order valence-corrected chi connectivity index (χ3v) is 2.34. The normalized spacial score (nSPS) is 10.2. The fourth-order valence-corrected chi connectivity index (χ4v) is 1.48. The number of halogens is 1. The van der Waals surface area contributed by atoms with Crippen LogP contribution in [0.15, 0.2) is 30.9 Å². The zero-order valence-electron chi connectivity index (χ0n) is 10.0. The van der Waals surface area contributed by atoms with Gasteiger partial charge in [0, 0.05) is 5.56 Å². The minimum Gasteiger partial charge on any atom is -0.460 e. The second-order valence-corrected chi connectivity index (χ2v) is 3.56. The van der Waals surface area contributed by atoms with Gasteiger partial charge in [0.2, 0.25) is 0 Å². The highest BCUT2D eigenvalue weighted by Crippen LogP contribution is 2.14. The standard InChI is InChI=1S/C12H10FN3O3/c1-2-19-12(18)11(17)8-3-4-10(9(13)5-8)16-7-14-6-15-16/h3-7H,2H2,1H3. The van der Waals surface area contributed by atoms with E-state index in [0.717, 1.165) is 6.07 Å². The molecular weight excluding hydrogens is 253 g/mol. The molecule has 0 saturated heterocycles. The number of hydrogen-bond acceptors (Lipinski definition) is 5. The molecular formula is C12H10FN3O3. The van der Waals surface area contributed by atoms with Crippen LogP contribution < -0.4 is 0 Å². The fraction of sp³-hybridized carbons (Fsp3) is 0.167. The van der Waals surface area contributed by atoms with Crippen LogP contribution in [0.4, 0.5) is 4.39 Å². The molecule has 0 aliphatic rings. The maximum atomic E-state index is 13.8. The molecule has 0 radical (unpaired) electrons. The summed E-state index contributed by atoms with van der Waals surface area (Å²) in [6.07, 6.45) is 2.59. The lowest BCUT2D eigenvalue weighted by Gasteiger charge is -2.05. The number of aromatic nitrogens is 3. The molecule has 1 aromatic heterocycles. The smallest absolute Gasteiger partial charge is 0.379 e. The summed E-state index contributed by atoms with van der Waals surface area (Å²) in [7, 11) is 0. The van der Waals surface area contributed by atoms with Gasteiger partial charge in [0.1, 0.15) is 24.2 Å². The molecule has 1 aromatic carbocycles. The highest BCUT2D eigenvalue weighted by molar-refractivity contribution is 6.40. The average molecular weight is 263 g/mol. The van der Waals surface area contributed by atoms with E-state index < -0.39 is 17.6 Å². The first-order valence-corrected chi connectivity index (χ1v) is 5.49. The minimum absolute atomic E-state index is 0.0696. The zero-order valence-corrected chi connectivity index (χ0v) is 10.0. The lowest BCUT2D eigenvalue weighted by atomic mass is 10.1. The van der Waals surface area contributed by atoms with Crippen LogP contribution in [-0.4, -0.2) is 33.1 Å². The van der Waals surface area contributed by atoms with Crippen molar-refractivity contribution in [1.82, 2.24) is 14.8 Å². The molecule has 0 fully saturated rings. The van der Waals surface area contributed by atoms with Gasteiger partial charge in [-0.15, -0.1) is 0 Å². The molecule has 1 heterocycles. The number of esters is 1. The van der Waals surface area contributed by atoms with Crippen molar-refractivity contribution in [2.75, 3.05) is 6.61 Å². The predicted molar refractivity (Wildman–Crippen MR) is 62.3 cm³/mol. The molecule has 0 spiro atoms. The molecule has 0 bridgehead atoms. The summed E-state index contributed by atoms with van der Waals surface area (Å²) in [6.45, 7) is 1.67. The number of rotatable bonds is 4. The average Bonchev–Trinajstić information content (AvgIpc) is 2.91. The third kappa shape index (κ3) is 2.65. The Balaban J connectivity index is 2.29. The maximum Gasteiger partial charge on any atom is 0.379 e. The minimum atomic E-state index is -1.00. The van der Waals surface area contributed by atoms with Crippen LogP contribution in [0.25, 0.3) is 5.69 Å². The van der Waals surface area contributed by atoms with E-state index in [2.05, 4.69) is 14.8 Å². The molecule has 0 atom stereocenters. The monoisotopic (exact) mass is 263 g/mol. The molecule has 0 unspecified atom stereocenters. The van der Waals surface area contributed by atoms with Crippen molar-refractivity contribution in [3.05, 3.63) is 42.2 Å². The number of hydrogen-bond donors (Lipinski definition) is 0. The van der Waals surface area contributed by atoms with E-state index in [1.54, 1.807) is 6.92 Å². The van der Waals surface area contributed by atoms with Crippen molar-refractivity contribution in [3.8, 4) is 5.69 Å². The largest absolute Gasteiger partial charge is 0.460 e. The second kappa shape index (κ2) is 5.38. The summed E-state index contributed by atoms with van der Waals surface area (Å²) < 4.78 is 19.6. The van der Waals surface area contributed by atoms with Crippen LogP contribution >= 0.6 is 0 Å². The summed E-state index contributed by atoms with van der Waals surface area (Å²) in [4.78, 5) is 26.5. The van der Waals surface area contributed by atoms with E-state index in [0.29, 0.717) is 0 Å². The number of benzene rings is 1. The molecule has 0 aliphatic carbocycles. The fourth-order valence-electron chi connectivity index (χ4n) is 1.48. The third-order valence-electron chi connectivity index (χ3n) is 2.34. The zero-order chi connectivity index (χ0) is 13.8. The van der Waals surface area contributed by atoms with Gasteiger partial charge in [-0.1, -0.05) is 0 Å². The van der Waals surface area contributed by atoms with Gasteiger partial charge in [0.15, 0.2) is 0 Å². The summed E-state index contributed by atoms with van der Waals surface area (Å²) >= 11 is 0. The highest BCUT2D eigenvalue weighted by atomic mass is 19.1. The van der Waals surface area contributed by atoms with Gasteiger partial charge in [-0.25, -0.2) is 18.9 Å². The Bertz CT molecular complexity index is 611. The van der Waals surface area contributed by atoms with Crippen LogP contribution in [0, 0.1) is 5.82 Å². The van der Waals surface area contributed by atoms with Crippen LogP contribution in [0.3, 0.4) is 0 Å². The van der Waals surface area contributed by atoms with E-state index in [1.165, 1.54) is 29.5 Å². The van der Waals surface area contributed by atoms with Gasteiger partial charge >= 0.3 is 5.97 Å². The Kier molecular flexibility index (Phi) is 3.65. The molecule has 98 valence electrons. The number of Topliss-reactive ketones (excluding diaryl/α,β-unsaturated/α-hetero) is 1. The molecule has 2 aromatic rings. The molecule has 0 N–H and O–H groups in total. The van der Waals surface area contributed by atoms with Gasteiger partial charge in [0.25, 0.3) is 5.78 Å². The Morgan fingerprint density at radius 2 is 2.21 bits per heavy atom. The van der Waals surface area contributed by atoms with Gasteiger partial charge in [0.05, 0.1) is 6.61 Å². The lowest BCUT2D eigenvalue weighted by Crippen LogP contribution is -2.17. The Morgan fingerprint density at radius 3 is 2.79 bits per heavy atom. The topological polar surface area (TPSA) is 74.1 Å². The number of ketones is 1. The van der Waals surface area contributed by atoms with Crippen molar-refractivity contribution in [1.29, 1.82) is 0 Å². The molecule has 0 amide bonds. The van der Waals surface area contributed by atoms with Crippen molar-refractivity contribution >= 4 is 11.8 Å². The first kappa shape index (κ1) is 12.9. The first-order chi connectivity index (χ1) is 9.13. The van der Waals surface area contributed by atoms with Gasteiger partial charge in [-0.3, -0.25) is 4.79 Å². The molecule has 2 rings (SSSR count). The van der Waals surface area contributed by atoms with Crippen molar-refractivity contribution < 1.29 is 18.7 Å². The molecule has 19 heavy (non-hydrogen) atoms. The van der Waals surface area contributed by atoms with Crippen molar-refractivity contribution in [3.63, 3.8) is 0 Å². The van der Waals surface area contributed by atoms with Gasteiger partial charge in [-0.05, 0) is 25.1 Å². The molecule has 7 heteroatoms. The SMILES string of the molecule is CCOC(=O)C(=O)c1ccc(-n2cncn2)c(F)c1. The Morgan fingerprint density at radius 1 is 1.42 bits per heavy atom. The molecule has 6 nitrogen and oxygen atoms in total. The maximum absolute atomic E-state index is 13.8. The van der Waals surface area contributed by atoms with E-state index >= 15 is 0 Å². The highest BCUT2D eigenvalue weighted by Gasteiger charge is 2.19. The number of carbonyl (C=O) groups excluding carboxylic acids is 2. The van der Waals surface area contributed by atoms with Crippen molar-refractivity contribution in [2.24, 2.45) is 0 Å². The Hall–Kier alpha value is -2.57. The summed E-state index contributed by atoms with van der Waals surface area (Å²) in [6, 6.07) is 3.64. The molecule has 0 saturated carbocycles. The molecule has 0 aliphatic heterocycles. The Labute approximate surface area is 107 Å². The second-order valence-electron chi connectivity index (χ2n) is 3.56. The van der Waals surface area contributed by atoms with Crippen LogP contribution in [-0.2, 0) is 9.53 Å². The summed E-state index contributed by atoms with van der Waals surface area (Å²) in [5.41, 5.74) is 0.0673. The summed E-state index contributed by atoms with van der Waals surface area (Å²) in [5.74, 6) is -2.57. The van der Waals surface area contributed by atoms with E-state index in [9.17, 15) is 14.0 Å². The van der Waals surface area contributed by atoms with Crippen LogP contribution in [0.1, 0.15) is 17.3 Å². The number of carbonyl (C=O) groups is 2. The first-order valence-electron chi connectivity index (χ1n) is 5.49. The van der Waals surface area contributed by atoms with E-state index in [-0.39, 0.29) is 17.9 Å². The van der Waals surface area contributed by atoms with E-state index in [4.69, 9.17) is 0 Å². The van der Waals surface area contributed by atoms with Crippen molar-refractivity contribution in [2.45, 2.75) is 6.92 Å². The van der Waals surface area contributed by atoms with Gasteiger partial charge < -0.3 is 4.74 Å². The van der Waals surface area contributed by atoms with Crippen LogP contribution in [0.5, 0.6) is 0 Å². The number of ether oxygens (including phenoxy) is 1. The predicted octanol–water partition coefficient (Wildman–Crippen LogP) is 1.15. The number of nitrogens with zero attached hydrogens (tertiary/aromatic N) is 3.